The highest BCUT2D eigenvalue weighted by Gasteiger charge is 2.30. The number of pyridine rings is 1. The van der Waals surface area contributed by atoms with Crippen molar-refractivity contribution in [1.29, 1.82) is 0 Å². The topological polar surface area (TPSA) is 80.6 Å². The summed E-state index contributed by atoms with van der Waals surface area (Å²) in [6.45, 7) is 0.806. The van der Waals surface area contributed by atoms with E-state index in [1.54, 1.807) is 4.57 Å². The van der Waals surface area contributed by atoms with Crippen molar-refractivity contribution in [2.24, 2.45) is 0 Å². The number of hydrogen-bond donors (Lipinski definition) is 2. The number of aromatic carboxylic acids is 1. The quantitative estimate of drug-likeness (QED) is 0.616. The summed E-state index contributed by atoms with van der Waals surface area (Å²) in [5.41, 5.74) is 2.83. The molecule has 0 radical (unpaired) electrons. The third-order valence-corrected chi connectivity index (χ3v) is 5.66. The van der Waals surface area contributed by atoms with E-state index >= 15 is 0 Å². The molecule has 1 aliphatic heterocycles. The van der Waals surface area contributed by atoms with E-state index in [2.05, 4.69) is 11.9 Å². The number of benzene rings is 2. The summed E-state index contributed by atoms with van der Waals surface area (Å²) in [6.07, 6.45) is 3.45. The lowest BCUT2D eigenvalue weighted by atomic mass is 9.98. The SMILES string of the molecule is C=C1Cc2ccc(-c3ccc4c(=O)c(C(=O)O)cn(C5CC5)c4c3OC(F)F)cc2N1. The van der Waals surface area contributed by atoms with Crippen molar-refractivity contribution in [2.75, 3.05) is 5.32 Å². The van der Waals surface area contributed by atoms with Crippen LogP contribution in [0.2, 0.25) is 0 Å². The zero-order valence-corrected chi connectivity index (χ0v) is 16.3. The van der Waals surface area contributed by atoms with Gasteiger partial charge in [0.1, 0.15) is 5.56 Å². The number of anilines is 1. The Morgan fingerprint density at radius 2 is 2.03 bits per heavy atom. The maximum Gasteiger partial charge on any atom is 0.387 e. The minimum Gasteiger partial charge on any atom is -0.477 e. The Balaban J connectivity index is 1.81. The number of aromatic nitrogens is 1. The third kappa shape index (κ3) is 3.24. The van der Waals surface area contributed by atoms with Crippen LogP contribution in [0.15, 0.2) is 53.6 Å². The number of hydrogen-bond acceptors (Lipinski definition) is 4. The standard InChI is InChI=1S/C23H18F2N2O4/c1-11-8-13-3-2-12(9-18(13)26-11)15-6-7-16-19(21(15)31-23(24)25)27(14-4-5-14)10-17(20(16)28)22(29)30/h2-3,6-7,9-10,14,23,26H,1,4-5,8H2,(H,29,30). The molecule has 0 spiro atoms. The Bertz CT molecular complexity index is 1330. The van der Waals surface area contributed by atoms with Gasteiger partial charge in [0.05, 0.1) is 10.9 Å². The van der Waals surface area contributed by atoms with Crippen LogP contribution in [0, 0.1) is 0 Å². The molecule has 31 heavy (non-hydrogen) atoms. The molecule has 158 valence electrons. The number of carbonyl (C=O) groups is 1. The number of nitrogens with zero attached hydrogens (tertiary/aromatic N) is 1. The molecule has 0 bridgehead atoms. The molecule has 1 aliphatic carbocycles. The lowest BCUT2D eigenvalue weighted by molar-refractivity contribution is -0.0486. The van der Waals surface area contributed by atoms with Crippen molar-refractivity contribution in [3.8, 4) is 16.9 Å². The molecule has 0 saturated heterocycles. The Hall–Kier alpha value is -3.68. The van der Waals surface area contributed by atoms with Gasteiger partial charge in [0, 0.05) is 35.6 Å². The van der Waals surface area contributed by atoms with Gasteiger partial charge >= 0.3 is 12.6 Å². The molecule has 0 amide bonds. The Morgan fingerprint density at radius 3 is 2.71 bits per heavy atom. The van der Waals surface area contributed by atoms with E-state index in [4.69, 9.17) is 4.74 Å². The molecule has 0 atom stereocenters. The summed E-state index contributed by atoms with van der Waals surface area (Å²) in [5, 5.41) is 12.6. The van der Waals surface area contributed by atoms with Crippen LogP contribution in [-0.4, -0.2) is 22.3 Å². The van der Waals surface area contributed by atoms with Gasteiger partial charge < -0.3 is 19.7 Å². The van der Waals surface area contributed by atoms with Crippen molar-refractivity contribution in [1.82, 2.24) is 4.57 Å². The molecule has 2 aromatic carbocycles. The number of ether oxygens (including phenoxy) is 1. The van der Waals surface area contributed by atoms with Gasteiger partial charge in [-0.1, -0.05) is 18.7 Å². The maximum absolute atomic E-state index is 13.4. The molecule has 8 heteroatoms. The van der Waals surface area contributed by atoms with Crippen LogP contribution in [0.5, 0.6) is 5.75 Å². The molecule has 0 unspecified atom stereocenters. The fourth-order valence-electron chi connectivity index (χ4n) is 4.13. The molecule has 2 aliphatic rings. The first kappa shape index (κ1) is 19.3. The van der Waals surface area contributed by atoms with E-state index in [1.165, 1.54) is 18.3 Å². The third-order valence-electron chi connectivity index (χ3n) is 5.66. The van der Waals surface area contributed by atoms with Crippen molar-refractivity contribution >= 4 is 22.6 Å². The Morgan fingerprint density at radius 1 is 1.26 bits per heavy atom. The van der Waals surface area contributed by atoms with Crippen molar-refractivity contribution in [3.05, 3.63) is 70.2 Å². The summed E-state index contributed by atoms with van der Waals surface area (Å²) in [4.78, 5) is 24.4. The van der Waals surface area contributed by atoms with Crippen LogP contribution >= 0.6 is 0 Å². The lowest BCUT2D eigenvalue weighted by Gasteiger charge is -2.19. The molecule has 1 saturated carbocycles. The predicted molar refractivity (Wildman–Crippen MR) is 112 cm³/mol. The lowest BCUT2D eigenvalue weighted by Crippen LogP contribution is -2.19. The molecule has 1 aromatic heterocycles. The van der Waals surface area contributed by atoms with E-state index in [9.17, 15) is 23.5 Å². The van der Waals surface area contributed by atoms with Crippen LogP contribution in [0.1, 0.15) is 34.8 Å². The number of carboxylic acid groups (broad SMARTS) is 1. The maximum atomic E-state index is 13.4. The summed E-state index contributed by atoms with van der Waals surface area (Å²) >= 11 is 0. The van der Waals surface area contributed by atoms with Crippen LogP contribution in [-0.2, 0) is 6.42 Å². The average Bonchev–Trinajstić information content (AvgIpc) is 3.48. The van der Waals surface area contributed by atoms with Gasteiger partial charge in [0.2, 0.25) is 5.43 Å². The number of halogens is 2. The fraction of sp³-hybridized carbons (Fsp3) is 0.217. The number of carboxylic acids is 1. The first-order chi connectivity index (χ1) is 14.8. The molecular weight excluding hydrogens is 406 g/mol. The second-order valence-electron chi connectivity index (χ2n) is 7.81. The first-order valence-corrected chi connectivity index (χ1v) is 9.81. The highest BCUT2D eigenvalue weighted by atomic mass is 19.3. The summed E-state index contributed by atoms with van der Waals surface area (Å²) in [5.74, 6) is -1.49. The first-order valence-electron chi connectivity index (χ1n) is 9.81. The van der Waals surface area contributed by atoms with E-state index < -0.39 is 23.6 Å². The number of fused-ring (bicyclic) bond motifs is 2. The van der Waals surface area contributed by atoms with Crippen LogP contribution < -0.4 is 15.5 Å². The van der Waals surface area contributed by atoms with Gasteiger partial charge in [-0.3, -0.25) is 4.79 Å². The van der Waals surface area contributed by atoms with Crippen molar-refractivity contribution in [2.45, 2.75) is 31.9 Å². The van der Waals surface area contributed by atoms with Crippen LogP contribution in [0.25, 0.3) is 22.0 Å². The van der Waals surface area contributed by atoms with Gasteiger partial charge in [-0.05, 0) is 42.2 Å². The van der Waals surface area contributed by atoms with E-state index in [-0.39, 0.29) is 22.7 Å². The summed E-state index contributed by atoms with van der Waals surface area (Å²) in [6, 6.07) is 8.48. The predicted octanol–water partition coefficient (Wildman–Crippen LogP) is 4.78. The monoisotopic (exact) mass is 424 g/mol. The summed E-state index contributed by atoms with van der Waals surface area (Å²) < 4.78 is 33.4. The zero-order valence-electron chi connectivity index (χ0n) is 16.3. The average molecular weight is 424 g/mol. The van der Waals surface area contributed by atoms with E-state index in [1.807, 2.05) is 18.2 Å². The summed E-state index contributed by atoms with van der Waals surface area (Å²) in [7, 11) is 0. The minimum absolute atomic E-state index is 0.0406. The second-order valence-corrected chi connectivity index (χ2v) is 7.81. The Kier molecular flexibility index (Phi) is 4.32. The highest BCUT2D eigenvalue weighted by molar-refractivity contribution is 5.98. The van der Waals surface area contributed by atoms with E-state index in [0.717, 1.165) is 29.8 Å². The highest BCUT2D eigenvalue weighted by Crippen LogP contribution is 2.44. The van der Waals surface area contributed by atoms with Crippen molar-refractivity contribution in [3.63, 3.8) is 0 Å². The molecule has 2 heterocycles. The number of nitrogens with one attached hydrogen (secondary N) is 1. The molecule has 3 aromatic rings. The molecule has 1 fully saturated rings. The zero-order chi connectivity index (χ0) is 21.9. The molecule has 6 nitrogen and oxygen atoms in total. The normalized spacial score (nSPS) is 15.3. The van der Waals surface area contributed by atoms with Crippen LogP contribution in [0.3, 0.4) is 0 Å². The number of allylic oxidation sites excluding steroid dienone is 1. The van der Waals surface area contributed by atoms with Gasteiger partial charge in [-0.25, -0.2) is 4.79 Å². The van der Waals surface area contributed by atoms with E-state index in [0.29, 0.717) is 17.5 Å². The van der Waals surface area contributed by atoms with Gasteiger partial charge in [0.25, 0.3) is 0 Å². The molecule has 2 N–H and O–H groups in total. The van der Waals surface area contributed by atoms with Gasteiger partial charge in [0.15, 0.2) is 5.75 Å². The Labute approximate surface area is 175 Å². The largest absolute Gasteiger partial charge is 0.477 e. The minimum atomic E-state index is -3.11. The second kappa shape index (κ2) is 6.94. The molecule has 5 rings (SSSR count). The number of rotatable bonds is 5. The van der Waals surface area contributed by atoms with Crippen LogP contribution in [0.4, 0.5) is 14.5 Å². The molecular formula is C23H18F2N2O4. The van der Waals surface area contributed by atoms with Crippen molar-refractivity contribution < 1.29 is 23.4 Å². The smallest absolute Gasteiger partial charge is 0.387 e. The van der Waals surface area contributed by atoms with Gasteiger partial charge in [-0.15, -0.1) is 0 Å². The number of alkyl halides is 2. The fourth-order valence-corrected chi connectivity index (χ4v) is 4.13. The van der Waals surface area contributed by atoms with Gasteiger partial charge in [-0.2, -0.15) is 8.78 Å².